The third-order valence-electron chi connectivity index (χ3n) is 4.13. The van der Waals surface area contributed by atoms with E-state index in [1.165, 1.54) is 0 Å². The summed E-state index contributed by atoms with van der Waals surface area (Å²) in [4.78, 5) is 13.7. The van der Waals surface area contributed by atoms with Crippen molar-refractivity contribution in [3.63, 3.8) is 0 Å². The highest BCUT2D eigenvalue weighted by Crippen LogP contribution is 2.38. The lowest BCUT2D eigenvalue weighted by Gasteiger charge is -2.42. The first-order chi connectivity index (χ1) is 9.96. The van der Waals surface area contributed by atoms with Crippen LogP contribution in [0.3, 0.4) is 0 Å². The summed E-state index contributed by atoms with van der Waals surface area (Å²) in [6.45, 7) is 11.9. The molecule has 3 atom stereocenters. The summed E-state index contributed by atoms with van der Waals surface area (Å²) in [5.74, 6) is -0.228. The minimum absolute atomic E-state index is 0.0628. The van der Waals surface area contributed by atoms with Gasteiger partial charge in [0.25, 0.3) is 0 Å². The largest absolute Gasteiger partial charge is 0.465 e. The Morgan fingerprint density at radius 3 is 2.36 bits per heavy atom. The van der Waals surface area contributed by atoms with Gasteiger partial charge in [-0.05, 0) is 29.6 Å². The van der Waals surface area contributed by atoms with Crippen LogP contribution < -0.4 is 5.32 Å². The van der Waals surface area contributed by atoms with E-state index in [0.29, 0.717) is 0 Å². The smallest absolute Gasteiger partial charge is 0.405 e. The van der Waals surface area contributed by atoms with Crippen LogP contribution >= 0.6 is 0 Å². The molecule has 0 heterocycles. The van der Waals surface area contributed by atoms with Crippen molar-refractivity contribution in [3.05, 3.63) is 10.4 Å². The molecule has 3 N–H and O–H groups in total. The molecule has 0 spiro atoms. The quantitative estimate of drug-likeness (QED) is 0.273. The molecule has 0 aliphatic rings. The minimum Gasteiger partial charge on any atom is -0.465 e. The van der Waals surface area contributed by atoms with E-state index in [4.69, 9.17) is 15.1 Å². The van der Waals surface area contributed by atoms with Crippen molar-refractivity contribution in [2.45, 2.75) is 58.0 Å². The number of carboxylic acid groups (broad SMARTS) is 1. The van der Waals surface area contributed by atoms with E-state index in [9.17, 15) is 9.90 Å². The molecule has 9 heteroatoms. The number of hydrogen-bond acceptors (Lipinski definition) is 4. The number of aliphatic hydroxyl groups is 1. The molecule has 0 fully saturated rings. The molecule has 8 nitrogen and oxygen atoms in total. The van der Waals surface area contributed by atoms with Crippen LogP contribution in [-0.2, 0) is 4.43 Å². The summed E-state index contributed by atoms with van der Waals surface area (Å²) in [5, 5.41) is 24.2. The first-order valence-corrected chi connectivity index (χ1v) is 10.2. The molecule has 128 valence electrons. The zero-order chi connectivity index (χ0) is 17.6. The Labute approximate surface area is 132 Å². The number of azide groups is 1. The van der Waals surface area contributed by atoms with Gasteiger partial charge in [0.15, 0.2) is 8.32 Å². The maximum Gasteiger partial charge on any atom is 0.405 e. The van der Waals surface area contributed by atoms with Gasteiger partial charge in [0.2, 0.25) is 0 Å². The van der Waals surface area contributed by atoms with Gasteiger partial charge in [-0.15, -0.1) is 0 Å². The van der Waals surface area contributed by atoms with Gasteiger partial charge >= 0.3 is 6.09 Å². The normalized spacial score (nSPS) is 16.3. The second-order valence-corrected chi connectivity index (χ2v) is 11.7. The maximum absolute atomic E-state index is 10.9. The molecule has 0 aliphatic heterocycles. The van der Waals surface area contributed by atoms with Gasteiger partial charge in [-0.25, -0.2) is 4.79 Å². The molecule has 0 unspecified atom stereocenters. The Kier molecular flexibility index (Phi) is 7.89. The lowest BCUT2D eigenvalue weighted by atomic mass is 9.98. The first-order valence-electron chi connectivity index (χ1n) is 7.25. The highest BCUT2D eigenvalue weighted by Gasteiger charge is 2.42. The molecule has 22 heavy (non-hydrogen) atoms. The van der Waals surface area contributed by atoms with Crippen LogP contribution in [0.2, 0.25) is 18.1 Å². The molecule has 0 rings (SSSR count). The lowest BCUT2D eigenvalue weighted by Crippen LogP contribution is -2.55. The number of hydrogen-bond donors (Lipinski definition) is 3. The fraction of sp³-hybridized carbons (Fsp3) is 0.923. The zero-order valence-corrected chi connectivity index (χ0v) is 15.2. The zero-order valence-electron chi connectivity index (χ0n) is 14.2. The number of aliphatic hydroxyl groups excluding tert-OH is 1. The molecular weight excluding hydrogens is 304 g/mol. The fourth-order valence-electron chi connectivity index (χ4n) is 1.77. The van der Waals surface area contributed by atoms with Crippen molar-refractivity contribution in [2.75, 3.05) is 13.2 Å². The van der Waals surface area contributed by atoms with Crippen molar-refractivity contribution in [3.8, 4) is 0 Å². The van der Waals surface area contributed by atoms with E-state index in [0.717, 1.165) is 0 Å². The van der Waals surface area contributed by atoms with Crippen LogP contribution in [-0.4, -0.2) is 49.9 Å². The lowest BCUT2D eigenvalue weighted by molar-refractivity contribution is 0.0602. The van der Waals surface area contributed by atoms with Gasteiger partial charge in [0, 0.05) is 11.5 Å². The van der Waals surface area contributed by atoms with E-state index >= 15 is 0 Å². The van der Waals surface area contributed by atoms with Gasteiger partial charge in [-0.2, -0.15) is 0 Å². The molecule has 0 aliphatic carbocycles. The Morgan fingerprint density at radius 1 is 1.45 bits per heavy atom. The fourth-order valence-corrected chi connectivity index (χ4v) is 3.20. The predicted molar refractivity (Wildman–Crippen MR) is 87.3 cm³/mol. The standard InChI is InChI=1S/C13H28N4O4Si/c1-9(7-15-17-14)11(10(8-18)16-12(19)20)21-22(5,6)13(2,3)4/h9-11,16,18H,7-8H2,1-6H3,(H,19,20)/t9-,10+,11-/m0/s1. The van der Waals surface area contributed by atoms with Crippen molar-refractivity contribution in [1.82, 2.24) is 5.32 Å². The number of rotatable bonds is 8. The van der Waals surface area contributed by atoms with Crippen LogP contribution in [0.5, 0.6) is 0 Å². The average Bonchev–Trinajstić information content (AvgIpc) is 2.38. The highest BCUT2D eigenvalue weighted by atomic mass is 28.4. The third kappa shape index (κ3) is 6.23. The van der Waals surface area contributed by atoms with E-state index in [1.54, 1.807) is 0 Å². The maximum atomic E-state index is 10.9. The van der Waals surface area contributed by atoms with Crippen LogP contribution in [0, 0.1) is 5.92 Å². The molecule has 0 aromatic rings. The summed E-state index contributed by atoms with van der Waals surface area (Å²) in [5.41, 5.74) is 8.47. The van der Waals surface area contributed by atoms with Crippen molar-refractivity contribution in [2.24, 2.45) is 11.0 Å². The van der Waals surface area contributed by atoms with Crippen LogP contribution in [0.15, 0.2) is 5.11 Å². The number of amides is 1. The molecule has 0 radical (unpaired) electrons. The van der Waals surface area contributed by atoms with Gasteiger partial charge < -0.3 is 20.0 Å². The van der Waals surface area contributed by atoms with E-state index in [1.807, 2.05) is 6.92 Å². The number of carbonyl (C=O) groups is 1. The SMILES string of the molecule is C[C@@H](CN=[N+]=[N-])[C@H](O[Si](C)(C)C(C)(C)C)[C@@H](CO)NC(=O)O. The van der Waals surface area contributed by atoms with Gasteiger partial charge in [-0.1, -0.05) is 32.8 Å². The molecule has 0 aromatic heterocycles. The van der Waals surface area contributed by atoms with Crippen LogP contribution in [0.4, 0.5) is 4.79 Å². The van der Waals surface area contributed by atoms with Crippen molar-refractivity contribution >= 4 is 14.4 Å². The predicted octanol–water partition coefficient (Wildman–Crippen LogP) is 2.95. The Bertz CT molecular complexity index is 419. The van der Waals surface area contributed by atoms with E-state index in [-0.39, 0.29) is 24.1 Å². The van der Waals surface area contributed by atoms with Gasteiger partial charge in [-0.3, -0.25) is 0 Å². The Balaban J connectivity index is 5.39. The molecule has 0 saturated heterocycles. The summed E-state index contributed by atoms with van der Waals surface area (Å²) >= 11 is 0. The summed E-state index contributed by atoms with van der Waals surface area (Å²) in [6.07, 6.45) is -1.79. The van der Waals surface area contributed by atoms with Crippen molar-refractivity contribution < 1.29 is 19.4 Å². The Morgan fingerprint density at radius 2 is 2.00 bits per heavy atom. The summed E-state index contributed by atoms with van der Waals surface area (Å²) in [7, 11) is -2.18. The Hall–Kier alpha value is -1.28. The molecule has 0 saturated carbocycles. The first kappa shape index (κ1) is 20.7. The summed E-state index contributed by atoms with van der Waals surface area (Å²) < 4.78 is 6.28. The van der Waals surface area contributed by atoms with E-state index < -0.39 is 26.6 Å². The monoisotopic (exact) mass is 332 g/mol. The van der Waals surface area contributed by atoms with Gasteiger partial charge in [0.1, 0.15) is 0 Å². The third-order valence-corrected chi connectivity index (χ3v) is 8.61. The average molecular weight is 332 g/mol. The topological polar surface area (TPSA) is 128 Å². The minimum atomic E-state index is -2.18. The number of nitrogens with zero attached hydrogens (tertiary/aromatic N) is 3. The highest BCUT2D eigenvalue weighted by molar-refractivity contribution is 6.74. The van der Waals surface area contributed by atoms with Crippen molar-refractivity contribution in [1.29, 1.82) is 0 Å². The van der Waals surface area contributed by atoms with Gasteiger partial charge in [0.05, 0.1) is 18.8 Å². The van der Waals surface area contributed by atoms with Crippen LogP contribution in [0.1, 0.15) is 27.7 Å². The molecule has 0 bridgehead atoms. The van der Waals surface area contributed by atoms with E-state index in [2.05, 4.69) is 49.2 Å². The summed E-state index contributed by atoms with van der Waals surface area (Å²) in [6, 6.07) is -0.768. The molecule has 1 amide bonds. The molecule has 0 aromatic carbocycles. The number of nitrogens with one attached hydrogen (secondary N) is 1. The second-order valence-electron chi connectivity index (χ2n) is 6.97. The van der Waals surface area contributed by atoms with Crippen LogP contribution in [0.25, 0.3) is 10.4 Å². The molecular formula is C13H28N4O4Si. The second kappa shape index (κ2) is 8.38.